The molecule has 0 unspecified atom stereocenters. The van der Waals surface area contributed by atoms with Crippen LogP contribution in [-0.2, 0) is 17.8 Å². The van der Waals surface area contributed by atoms with Crippen molar-refractivity contribution in [3.8, 4) is 0 Å². The van der Waals surface area contributed by atoms with Gasteiger partial charge in [0.15, 0.2) is 0 Å². The van der Waals surface area contributed by atoms with Crippen LogP contribution >= 0.6 is 15.9 Å². The zero-order valence-electron chi connectivity index (χ0n) is 16.4. The molecular formula is C24H29BrN2O. The Bertz CT molecular complexity index is 802. The highest BCUT2D eigenvalue weighted by Gasteiger charge is 2.27. The molecule has 148 valence electrons. The van der Waals surface area contributed by atoms with Crippen LogP contribution in [0, 0.1) is 5.92 Å². The quantitative estimate of drug-likeness (QED) is 0.668. The molecule has 28 heavy (non-hydrogen) atoms. The number of hydrogen-bond acceptors (Lipinski definition) is 2. The first kappa shape index (κ1) is 19.5. The maximum Gasteiger partial charge on any atom is 0.220 e. The molecule has 1 atom stereocenters. The second kappa shape index (κ2) is 9.13. The first-order chi connectivity index (χ1) is 13.7. The van der Waals surface area contributed by atoms with Gasteiger partial charge in [-0.05, 0) is 54.5 Å². The zero-order chi connectivity index (χ0) is 19.3. The van der Waals surface area contributed by atoms with Crippen LogP contribution in [-0.4, -0.2) is 18.5 Å². The first-order valence-corrected chi connectivity index (χ1v) is 11.3. The van der Waals surface area contributed by atoms with Crippen molar-refractivity contribution in [1.82, 2.24) is 5.32 Å². The summed E-state index contributed by atoms with van der Waals surface area (Å²) < 4.78 is 1.10. The molecule has 1 N–H and O–H groups in total. The Balaban J connectivity index is 1.46. The van der Waals surface area contributed by atoms with Gasteiger partial charge in [0, 0.05) is 29.7 Å². The van der Waals surface area contributed by atoms with E-state index in [1.54, 1.807) is 0 Å². The molecule has 1 aliphatic heterocycles. The second-order valence-corrected chi connectivity index (χ2v) is 9.23. The number of nitrogens with one attached hydrogen (secondary N) is 1. The van der Waals surface area contributed by atoms with Crippen LogP contribution in [0.1, 0.15) is 49.7 Å². The number of carbonyl (C=O) groups excluding carboxylic acids is 1. The third kappa shape index (κ3) is 4.96. The summed E-state index contributed by atoms with van der Waals surface area (Å²) in [6.07, 6.45) is 7.93. The Morgan fingerprint density at radius 1 is 1.07 bits per heavy atom. The molecule has 0 aromatic heterocycles. The highest BCUT2D eigenvalue weighted by molar-refractivity contribution is 9.10. The summed E-state index contributed by atoms with van der Waals surface area (Å²) in [5.74, 6) is 0.814. The number of carbonyl (C=O) groups is 1. The fraction of sp³-hybridized carbons (Fsp3) is 0.458. The Morgan fingerprint density at radius 3 is 2.64 bits per heavy atom. The van der Waals surface area contributed by atoms with Crippen LogP contribution in [0.5, 0.6) is 0 Å². The van der Waals surface area contributed by atoms with Crippen LogP contribution in [0.15, 0.2) is 53.0 Å². The fourth-order valence-electron chi connectivity index (χ4n) is 4.71. The molecule has 4 heteroatoms. The molecule has 0 spiro atoms. The van der Waals surface area contributed by atoms with E-state index in [1.807, 2.05) is 0 Å². The van der Waals surface area contributed by atoms with Crippen molar-refractivity contribution in [3.63, 3.8) is 0 Å². The average molecular weight is 441 g/mol. The van der Waals surface area contributed by atoms with Crippen molar-refractivity contribution in [3.05, 3.63) is 64.1 Å². The number of amides is 1. The van der Waals surface area contributed by atoms with Gasteiger partial charge in [-0.25, -0.2) is 0 Å². The van der Waals surface area contributed by atoms with Crippen LogP contribution in [0.3, 0.4) is 0 Å². The molecule has 1 aliphatic carbocycles. The minimum absolute atomic E-state index is 0.168. The normalized spacial score (nSPS) is 19.9. The molecule has 4 rings (SSSR count). The monoisotopic (exact) mass is 440 g/mol. The highest BCUT2D eigenvalue weighted by Crippen LogP contribution is 2.31. The SMILES string of the molecule is O=C(CC1CCCCC1)N[C@H]1Cc2cc(Br)ccc2N(Cc2ccccc2)C1. The number of nitrogens with zero attached hydrogens (tertiary/aromatic N) is 1. The van der Waals surface area contributed by atoms with E-state index in [1.165, 1.54) is 48.9 Å². The smallest absolute Gasteiger partial charge is 0.220 e. The molecule has 2 aliphatic rings. The summed E-state index contributed by atoms with van der Waals surface area (Å²) >= 11 is 3.61. The van der Waals surface area contributed by atoms with Crippen molar-refractivity contribution < 1.29 is 4.79 Å². The molecule has 1 heterocycles. The number of anilines is 1. The molecule has 0 bridgehead atoms. The summed E-state index contributed by atoms with van der Waals surface area (Å²) in [5, 5.41) is 3.35. The average Bonchev–Trinajstić information content (AvgIpc) is 2.69. The lowest BCUT2D eigenvalue weighted by Crippen LogP contribution is -2.48. The number of benzene rings is 2. The van der Waals surface area contributed by atoms with Gasteiger partial charge in [0.25, 0.3) is 0 Å². The maximum atomic E-state index is 12.7. The van der Waals surface area contributed by atoms with Crippen LogP contribution in [0.2, 0.25) is 0 Å². The number of rotatable bonds is 5. The predicted octanol–water partition coefficient (Wildman–Crippen LogP) is 5.47. The Morgan fingerprint density at radius 2 is 1.86 bits per heavy atom. The van der Waals surface area contributed by atoms with E-state index in [4.69, 9.17) is 0 Å². The summed E-state index contributed by atoms with van der Waals surface area (Å²) in [7, 11) is 0. The van der Waals surface area contributed by atoms with Crippen molar-refractivity contribution in [2.45, 2.75) is 57.5 Å². The number of fused-ring (bicyclic) bond motifs is 1. The molecule has 0 radical (unpaired) electrons. The topological polar surface area (TPSA) is 32.3 Å². The molecule has 1 amide bonds. The van der Waals surface area contributed by atoms with Gasteiger partial charge in [-0.15, -0.1) is 0 Å². The van der Waals surface area contributed by atoms with Crippen LogP contribution in [0.25, 0.3) is 0 Å². The van der Waals surface area contributed by atoms with Crippen molar-refractivity contribution >= 4 is 27.5 Å². The molecule has 2 aromatic rings. The lowest BCUT2D eigenvalue weighted by atomic mass is 9.86. The van der Waals surface area contributed by atoms with E-state index in [9.17, 15) is 4.79 Å². The Labute approximate surface area is 176 Å². The lowest BCUT2D eigenvalue weighted by molar-refractivity contribution is -0.122. The van der Waals surface area contributed by atoms with E-state index in [0.29, 0.717) is 12.3 Å². The molecular weight excluding hydrogens is 412 g/mol. The standard InChI is InChI=1S/C24H29BrN2O/c25-21-11-12-23-20(14-21)15-22(17-27(23)16-19-9-5-2-6-10-19)26-24(28)13-18-7-3-1-4-8-18/h2,5-6,9-12,14,18,22H,1,3-4,7-8,13,15-17H2,(H,26,28)/t22-/m0/s1. The van der Waals surface area contributed by atoms with Gasteiger partial charge >= 0.3 is 0 Å². The fourth-order valence-corrected chi connectivity index (χ4v) is 5.12. The molecule has 1 saturated carbocycles. The van der Waals surface area contributed by atoms with Gasteiger partial charge in [0.1, 0.15) is 0 Å². The van der Waals surface area contributed by atoms with Gasteiger partial charge < -0.3 is 10.2 Å². The summed E-state index contributed by atoms with van der Waals surface area (Å²) in [4.78, 5) is 15.1. The van der Waals surface area contributed by atoms with Crippen molar-refractivity contribution in [1.29, 1.82) is 0 Å². The van der Waals surface area contributed by atoms with E-state index >= 15 is 0 Å². The van der Waals surface area contributed by atoms with Gasteiger partial charge in [-0.1, -0.05) is 65.5 Å². The van der Waals surface area contributed by atoms with Crippen LogP contribution < -0.4 is 10.2 Å². The van der Waals surface area contributed by atoms with Gasteiger partial charge in [-0.2, -0.15) is 0 Å². The maximum absolute atomic E-state index is 12.7. The van der Waals surface area contributed by atoms with E-state index in [-0.39, 0.29) is 11.9 Å². The summed E-state index contributed by atoms with van der Waals surface area (Å²) in [6, 6.07) is 17.2. The molecule has 0 saturated heterocycles. The van der Waals surface area contributed by atoms with Gasteiger partial charge in [-0.3, -0.25) is 4.79 Å². The first-order valence-electron chi connectivity index (χ1n) is 10.5. The molecule has 2 aromatic carbocycles. The van der Waals surface area contributed by atoms with Gasteiger partial charge in [0.2, 0.25) is 5.91 Å². The minimum Gasteiger partial charge on any atom is -0.365 e. The third-order valence-corrected chi connectivity index (χ3v) is 6.56. The number of hydrogen-bond donors (Lipinski definition) is 1. The number of halogens is 1. The largest absolute Gasteiger partial charge is 0.365 e. The third-order valence-electron chi connectivity index (χ3n) is 6.07. The minimum atomic E-state index is 0.168. The van der Waals surface area contributed by atoms with Crippen LogP contribution in [0.4, 0.5) is 5.69 Å². The summed E-state index contributed by atoms with van der Waals surface area (Å²) in [5.41, 5.74) is 3.88. The van der Waals surface area contributed by atoms with Crippen molar-refractivity contribution in [2.75, 3.05) is 11.4 Å². The summed E-state index contributed by atoms with van der Waals surface area (Å²) in [6.45, 7) is 1.73. The van der Waals surface area contributed by atoms with E-state index in [0.717, 1.165) is 24.0 Å². The lowest BCUT2D eigenvalue weighted by Gasteiger charge is -2.37. The molecule has 3 nitrogen and oxygen atoms in total. The Hall–Kier alpha value is -1.81. The Kier molecular flexibility index (Phi) is 6.36. The van der Waals surface area contributed by atoms with E-state index < -0.39 is 0 Å². The highest BCUT2D eigenvalue weighted by atomic mass is 79.9. The van der Waals surface area contributed by atoms with Crippen molar-refractivity contribution in [2.24, 2.45) is 5.92 Å². The molecule has 1 fully saturated rings. The zero-order valence-corrected chi connectivity index (χ0v) is 18.0. The predicted molar refractivity (Wildman–Crippen MR) is 118 cm³/mol. The van der Waals surface area contributed by atoms with Gasteiger partial charge in [0.05, 0.1) is 6.04 Å². The van der Waals surface area contributed by atoms with E-state index in [2.05, 4.69) is 74.7 Å². The second-order valence-electron chi connectivity index (χ2n) is 8.32.